The molecule has 0 spiro atoms. The first kappa shape index (κ1) is 15.1. The van der Waals surface area contributed by atoms with Gasteiger partial charge in [-0.2, -0.15) is 0 Å². The molecule has 1 aliphatic carbocycles. The van der Waals surface area contributed by atoms with Gasteiger partial charge >= 0.3 is 0 Å². The number of ketones is 2. The number of rotatable bonds is 4. The van der Waals surface area contributed by atoms with Crippen LogP contribution in [0.2, 0.25) is 0 Å². The van der Waals surface area contributed by atoms with Gasteiger partial charge in [0.15, 0.2) is 0 Å². The van der Waals surface area contributed by atoms with Gasteiger partial charge in [-0.05, 0) is 17.7 Å². The normalized spacial score (nSPS) is 14.3. The summed E-state index contributed by atoms with van der Waals surface area (Å²) in [7, 11) is 0. The van der Waals surface area contributed by atoms with E-state index in [2.05, 4.69) is 10.3 Å². The molecular formula is C17H12N2O3S. The van der Waals surface area contributed by atoms with E-state index >= 15 is 0 Å². The summed E-state index contributed by atoms with van der Waals surface area (Å²) >= 11 is 1.30. The molecule has 0 saturated carbocycles. The number of hydrogen-bond acceptors (Lipinski definition) is 5. The zero-order chi connectivity index (χ0) is 16.2. The average molecular weight is 324 g/mol. The maximum atomic E-state index is 12.4. The summed E-state index contributed by atoms with van der Waals surface area (Å²) < 4.78 is 0. The maximum Gasteiger partial charge on any atom is 0.252 e. The third-order valence-corrected chi connectivity index (χ3v) is 3.94. The molecule has 3 rings (SSSR count). The molecule has 23 heavy (non-hydrogen) atoms. The summed E-state index contributed by atoms with van der Waals surface area (Å²) in [6.07, 6.45) is 2.49. The highest BCUT2D eigenvalue weighted by Crippen LogP contribution is 2.24. The van der Waals surface area contributed by atoms with Crippen LogP contribution in [0, 0.1) is 0 Å². The first-order valence-corrected chi connectivity index (χ1v) is 7.83. The number of carbonyl (C=O) groups is 3. The lowest BCUT2D eigenvalue weighted by atomic mass is 9.93. The molecule has 0 saturated heterocycles. The number of benzene rings is 1. The Morgan fingerprint density at radius 2 is 1.91 bits per heavy atom. The van der Waals surface area contributed by atoms with Gasteiger partial charge in [0, 0.05) is 11.9 Å². The Hall–Kier alpha value is -2.86. The van der Waals surface area contributed by atoms with Gasteiger partial charge in [0.2, 0.25) is 11.6 Å². The van der Waals surface area contributed by atoms with Crippen molar-refractivity contribution in [3.05, 3.63) is 70.2 Å². The second-order valence-electron chi connectivity index (χ2n) is 4.86. The van der Waals surface area contributed by atoms with Gasteiger partial charge in [0.05, 0.1) is 22.4 Å². The molecule has 1 amide bonds. The second kappa shape index (κ2) is 6.50. The van der Waals surface area contributed by atoms with Crippen LogP contribution in [0.4, 0.5) is 0 Å². The molecule has 0 radical (unpaired) electrons. The number of amides is 1. The molecule has 0 aliphatic heterocycles. The van der Waals surface area contributed by atoms with Gasteiger partial charge in [-0.25, -0.2) is 4.98 Å². The van der Waals surface area contributed by atoms with Crippen molar-refractivity contribution in [3.63, 3.8) is 0 Å². The zero-order valence-corrected chi connectivity index (χ0v) is 12.8. The molecule has 0 unspecified atom stereocenters. The molecule has 2 aromatic rings. The average Bonchev–Trinajstić information content (AvgIpc) is 3.10. The molecule has 1 N–H and O–H groups in total. The summed E-state index contributed by atoms with van der Waals surface area (Å²) in [5, 5.41) is 4.40. The molecule has 1 heterocycles. The van der Waals surface area contributed by atoms with E-state index in [9.17, 15) is 14.4 Å². The van der Waals surface area contributed by atoms with Crippen LogP contribution in [-0.4, -0.2) is 22.5 Å². The number of nitrogens with zero attached hydrogens (tertiary/aromatic N) is 1. The number of allylic oxidation sites excluding steroid dienone is 2. The minimum absolute atomic E-state index is 0.0595. The molecule has 6 heteroatoms. The summed E-state index contributed by atoms with van der Waals surface area (Å²) in [4.78, 5) is 40.2. The molecular weight excluding hydrogens is 312 g/mol. The van der Waals surface area contributed by atoms with E-state index in [-0.39, 0.29) is 11.1 Å². The van der Waals surface area contributed by atoms with Crippen LogP contribution in [0.25, 0.3) is 5.57 Å². The number of Topliss-reactive ketones (excluding diaryl/α,β-unsaturated/α-hetero) is 1. The van der Waals surface area contributed by atoms with Gasteiger partial charge < -0.3 is 5.32 Å². The van der Waals surface area contributed by atoms with E-state index in [0.717, 1.165) is 11.6 Å². The van der Waals surface area contributed by atoms with Gasteiger partial charge in [0.25, 0.3) is 5.91 Å². The van der Waals surface area contributed by atoms with Crippen LogP contribution < -0.4 is 5.32 Å². The minimum Gasteiger partial charge on any atom is -0.348 e. The maximum absolute atomic E-state index is 12.4. The predicted molar refractivity (Wildman–Crippen MR) is 86.5 cm³/mol. The number of carbonyl (C=O) groups excluding carboxylic acids is 3. The lowest BCUT2D eigenvalue weighted by molar-refractivity contribution is -0.130. The van der Waals surface area contributed by atoms with E-state index in [4.69, 9.17) is 0 Å². The monoisotopic (exact) mass is 324 g/mol. The SMILES string of the molecule is O=C1C=CC(C(=O)NCc2ccccc2)=C(c2cscn2)C1=O. The fraction of sp³-hybridized carbons (Fsp3) is 0.0588. The van der Waals surface area contributed by atoms with Crippen molar-refractivity contribution in [1.29, 1.82) is 0 Å². The molecule has 0 bridgehead atoms. The topological polar surface area (TPSA) is 76.1 Å². The van der Waals surface area contributed by atoms with Crippen LogP contribution >= 0.6 is 11.3 Å². The van der Waals surface area contributed by atoms with E-state index < -0.39 is 17.5 Å². The summed E-state index contributed by atoms with van der Waals surface area (Å²) in [5.74, 6) is -1.76. The van der Waals surface area contributed by atoms with E-state index in [1.165, 1.54) is 17.4 Å². The zero-order valence-electron chi connectivity index (χ0n) is 12.0. The summed E-state index contributed by atoms with van der Waals surface area (Å²) in [6, 6.07) is 9.43. The van der Waals surface area contributed by atoms with Gasteiger partial charge in [-0.1, -0.05) is 30.3 Å². The quantitative estimate of drug-likeness (QED) is 0.688. The van der Waals surface area contributed by atoms with Crippen molar-refractivity contribution in [1.82, 2.24) is 10.3 Å². The Morgan fingerprint density at radius 3 is 2.61 bits per heavy atom. The number of aromatic nitrogens is 1. The third kappa shape index (κ3) is 3.17. The Morgan fingerprint density at radius 1 is 1.13 bits per heavy atom. The van der Waals surface area contributed by atoms with Gasteiger partial charge in [-0.15, -0.1) is 11.3 Å². The van der Waals surface area contributed by atoms with Gasteiger partial charge in [-0.3, -0.25) is 14.4 Å². The molecule has 5 nitrogen and oxygen atoms in total. The number of nitrogens with one attached hydrogen (secondary N) is 1. The summed E-state index contributed by atoms with van der Waals surface area (Å²) in [5.41, 5.74) is 3.07. The van der Waals surface area contributed by atoms with Crippen molar-refractivity contribution >= 4 is 34.4 Å². The van der Waals surface area contributed by atoms with Crippen LogP contribution in [0.3, 0.4) is 0 Å². The van der Waals surface area contributed by atoms with Gasteiger partial charge in [0.1, 0.15) is 0 Å². The molecule has 0 fully saturated rings. The van der Waals surface area contributed by atoms with Crippen molar-refractivity contribution in [2.75, 3.05) is 0 Å². The lowest BCUT2D eigenvalue weighted by Crippen LogP contribution is -2.29. The first-order chi connectivity index (χ1) is 11.2. The fourth-order valence-electron chi connectivity index (χ4n) is 2.22. The van der Waals surface area contributed by atoms with E-state index in [0.29, 0.717) is 12.2 Å². The van der Waals surface area contributed by atoms with E-state index in [1.54, 1.807) is 10.9 Å². The lowest BCUT2D eigenvalue weighted by Gasteiger charge is -2.13. The van der Waals surface area contributed by atoms with Crippen molar-refractivity contribution in [3.8, 4) is 0 Å². The van der Waals surface area contributed by atoms with Crippen LogP contribution in [0.5, 0.6) is 0 Å². The fourth-order valence-corrected chi connectivity index (χ4v) is 2.76. The summed E-state index contributed by atoms with van der Waals surface area (Å²) in [6.45, 7) is 0.337. The highest BCUT2D eigenvalue weighted by atomic mass is 32.1. The Labute approximate surface area is 136 Å². The Kier molecular flexibility index (Phi) is 4.25. The predicted octanol–water partition coefficient (Wildman–Crippen LogP) is 1.92. The highest BCUT2D eigenvalue weighted by molar-refractivity contribution is 7.07. The Balaban J connectivity index is 1.88. The number of hydrogen-bond donors (Lipinski definition) is 1. The van der Waals surface area contributed by atoms with Crippen molar-refractivity contribution in [2.45, 2.75) is 6.54 Å². The minimum atomic E-state index is -0.705. The standard InChI is InChI=1S/C17H12N2O3S/c20-14-7-6-12(15(16(14)21)13-9-23-10-19-13)17(22)18-8-11-4-2-1-3-5-11/h1-7,9-10H,8H2,(H,18,22). The van der Waals surface area contributed by atoms with E-state index in [1.807, 2.05) is 30.3 Å². The van der Waals surface area contributed by atoms with Crippen molar-refractivity contribution in [2.24, 2.45) is 0 Å². The van der Waals surface area contributed by atoms with Crippen LogP contribution in [0.1, 0.15) is 11.3 Å². The molecule has 1 aromatic heterocycles. The molecule has 114 valence electrons. The first-order valence-electron chi connectivity index (χ1n) is 6.88. The third-order valence-electron chi connectivity index (χ3n) is 3.35. The molecule has 0 atom stereocenters. The molecule has 1 aromatic carbocycles. The Bertz CT molecular complexity index is 821. The van der Waals surface area contributed by atoms with Crippen molar-refractivity contribution < 1.29 is 14.4 Å². The molecule has 1 aliphatic rings. The number of thiazole rings is 1. The van der Waals surface area contributed by atoms with Crippen LogP contribution in [-0.2, 0) is 20.9 Å². The van der Waals surface area contributed by atoms with Crippen LogP contribution in [0.15, 0.2) is 58.9 Å². The largest absolute Gasteiger partial charge is 0.348 e. The highest BCUT2D eigenvalue weighted by Gasteiger charge is 2.29. The smallest absolute Gasteiger partial charge is 0.252 e. The second-order valence-corrected chi connectivity index (χ2v) is 5.58.